The standard InChI is InChI=1S/C25H24FN3O3/c26-20-10-8-16(9-11-20)18-3-1-5-21(13-18)27-24(30)19-4-2-12-29(15-19)25(31)22-14-23(32-28-22)17-6-7-17/h1,3,5,8-11,13-14,17,19H,2,4,6-7,12,15H2,(H,27,30)/t19-/m1/s1. The molecule has 1 aliphatic heterocycles. The van der Waals surface area contributed by atoms with Gasteiger partial charge in [0.15, 0.2) is 5.69 Å². The van der Waals surface area contributed by atoms with E-state index in [2.05, 4.69) is 10.5 Å². The van der Waals surface area contributed by atoms with Crippen LogP contribution >= 0.6 is 0 Å². The van der Waals surface area contributed by atoms with Crippen LogP contribution in [0.4, 0.5) is 10.1 Å². The minimum atomic E-state index is -0.294. The Balaban J connectivity index is 1.24. The van der Waals surface area contributed by atoms with Crippen molar-refractivity contribution in [1.29, 1.82) is 0 Å². The van der Waals surface area contributed by atoms with E-state index in [1.807, 2.05) is 24.3 Å². The summed E-state index contributed by atoms with van der Waals surface area (Å²) in [5, 5.41) is 6.92. The molecule has 1 N–H and O–H groups in total. The van der Waals surface area contributed by atoms with Crippen molar-refractivity contribution in [2.45, 2.75) is 31.6 Å². The fraction of sp³-hybridized carbons (Fsp3) is 0.320. The Morgan fingerprint density at radius 1 is 1.03 bits per heavy atom. The number of piperidine rings is 1. The maximum absolute atomic E-state index is 13.2. The number of carbonyl (C=O) groups excluding carboxylic acids is 2. The Bertz CT molecular complexity index is 1140. The molecule has 3 aromatic rings. The number of carbonyl (C=O) groups is 2. The molecule has 164 valence electrons. The van der Waals surface area contributed by atoms with Crippen molar-refractivity contribution in [3.05, 3.63) is 71.9 Å². The summed E-state index contributed by atoms with van der Waals surface area (Å²) < 4.78 is 18.5. The van der Waals surface area contributed by atoms with Gasteiger partial charge in [0.2, 0.25) is 5.91 Å². The Hall–Kier alpha value is -3.48. The van der Waals surface area contributed by atoms with Gasteiger partial charge in [0.25, 0.3) is 5.91 Å². The third-order valence-corrected chi connectivity index (χ3v) is 6.11. The van der Waals surface area contributed by atoms with Crippen molar-refractivity contribution < 1.29 is 18.5 Å². The molecule has 2 fully saturated rings. The third-order valence-electron chi connectivity index (χ3n) is 6.11. The SMILES string of the molecule is O=C(Nc1cccc(-c2ccc(F)cc2)c1)[C@@H]1CCCN(C(=O)c2cc(C3CC3)on2)C1. The molecule has 7 heteroatoms. The highest BCUT2D eigenvalue weighted by atomic mass is 19.1. The number of hydrogen-bond acceptors (Lipinski definition) is 4. The van der Waals surface area contributed by atoms with Crippen molar-refractivity contribution in [2.24, 2.45) is 5.92 Å². The zero-order valence-corrected chi connectivity index (χ0v) is 17.6. The van der Waals surface area contributed by atoms with Gasteiger partial charge in [-0.1, -0.05) is 29.4 Å². The number of rotatable bonds is 5. The number of hydrogen-bond donors (Lipinski definition) is 1. The van der Waals surface area contributed by atoms with E-state index in [9.17, 15) is 14.0 Å². The molecule has 32 heavy (non-hydrogen) atoms. The largest absolute Gasteiger partial charge is 0.360 e. The van der Waals surface area contributed by atoms with Crippen LogP contribution in [0, 0.1) is 11.7 Å². The minimum Gasteiger partial charge on any atom is -0.360 e. The van der Waals surface area contributed by atoms with Gasteiger partial charge in [-0.15, -0.1) is 0 Å². The van der Waals surface area contributed by atoms with Crippen LogP contribution in [0.25, 0.3) is 11.1 Å². The van der Waals surface area contributed by atoms with E-state index in [-0.39, 0.29) is 23.5 Å². The second kappa shape index (κ2) is 8.57. The van der Waals surface area contributed by atoms with Crippen LogP contribution in [-0.4, -0.2) is 35.0 Å². The van der Waals surface area contributed by atoms with Crippen LogP contribution in [0.1, 0.15) is 47.8 Å². The minimum absolute atomic E-state index is 0.113. The zero-order valence-electron chi connectivity index (χ0n) is 17.6. The van der Waals surface area contributed by atoms with E-state index in [0.29, 0.717) is 30.4 Å². The molecule has 1 saturated carbocycles. The van der Waals surface area contributed by atoms with Gasteiger partial charge in [-0.3, -0.25) is 9.59 Å². The van der Waals surface area contributed by atoms with Crippen LogP contribution in [0.5, 0.6) is 0 Å². The van der Waals surface area contributed by atoms with E-state index in [4.69, 9.17) is 4.52 Å². The molecule has 2 heterocycles. The number of nitrogens with one attached hydrogen (secondary N) is 1. The summed E-state index contributed by atoms with van der Waals surface area (Å²) in [6, 6.07) is 15.4. The Morgan fingerprint density at radius 2 is 1.84 bits per heavy atom. The molecule has 2 aromatic carbocycles. The number of benzene rings is 2. The average Bonchev–Trinajstić information content (AvgIpc) is 3.56. The number of nitrogens with zero attached hydrogens (tertiary/aromatic N) is 2. The quantitative estimate of drug-likeness (QED) is 0.624. The summed E-state index contributed by atoms with van der Waals surface area (Å²) in [7, 11) is 0. The molecular formula is C25H24FN3O3. The number of amides is 2. The predicted molar refractivity (Wildman–Crippen MR) is 118 cm³/mol. The smallest absolute Gasteiger partial charge is 0.276 e. The summed E-state index contributed by atoms with van der Waals surface area (Å²) in [5.41, 5.74) is 2.75. The van der Waals surface area contributed by atoms with Crippen molar-refractivity contribution >= 4 is 17.5 Å². The summed E-state index contributed by atoms with van der Waals surface area (Å²) in [6.07, 6.45) is 3.64. The van der Waals surface area contributed by atoms with Crippen molar-refractivity contribution in [1.82, 2.24) is 10.1 Å². The lowest BCUT2D eigenvalue weighted by molar-refractivity contribution is -0.121. The molecule has 0 radical (unpaired) electrons. The molecule has 6 nitrogen and oxygen atoms in total. The van der Waals surface area contributed by atoms with Gasteiger partial charge in [0.05, 0.1) is 5.92 Å². The van der Waals surface area contributed by atoms with Crippen molar-refractivity contribution in [2.75, 3.05) is 18.4 Å². The highest BCUT2D eigenvalue weighted by Gasteiger charge is 2.32. The van der Waals surface area contributed by atoms with Crippen LogP contribution < -0.4 is 5.32 Å². The molecule has 0 spiro atoms. The first-order valence-electron chi connectivity index (χ1n) is 11.0. The van der Waals surface area contributed by atoms with Gasteiger partial charge >= 0.3 is 0 Å². The maximum atomic E-state index is 13.2. The van der Waals surface area contributed by atoms with Crippen molar-refractivity contribution in [3.63, 3.8) is 0 Å². The van der Waals surface area contributed by atoms with Gasteiger partial charge < -0.3 is 14.7 Å². The Morgan fingerprint density at radius 3 is 2.62 bits per heavy atom. The lowest BCUT2D eigenvalue weighted by atomic mass is 9.96. The topological polar surface area (TPSA) is 75.4 Å². The van der Waals surface area contributed by atoms with Gasteiger partial charge in [0.1, 0.15) is 11.6 Å². The third kappa shape index (κ3) is 4.42. The van der Waals surface area contributed by atoms with Crippen molar-refractivity contribution in [3.8, 4) is 11.1 Å². The summed E-state index contributed by atoms with van der Waals surface area (Å²) in [4.78, 5) is 27.5. The van der Waals surface area contributed by atoms with E-state index in [1.54, 1.807) is 23.1 Å². The van der Waals surface area contributed by atoms with E-state index in [1.165, 1.54) is 12.1 Å². The highest BCUT2D eigenvalue weighted by molar-refractivity contribution is 5.95. The fourth-order valence-corrected chi connectivity index (χ4v) is 4.15. The molecule has 1 aromatic heterocycles. The van der Waals surface area contributed by atoms with Crippen LogP contribution in [-0.2, 0) is 4.79 Å². The molecule has 2 aliphatic rings. The number of anilines is 1. The zero-order chi connectivity index (χ0) is 22.1. The normalized spacial score (nSPS) is 18.4. The van der Waals surface area contributed by atoms with Crippen LogP contribution in [0.2, 0.25) is 0 Å². The first-order valence-corrected chi connectivity index (χ1v) is 11.0. The molecule has 1 atom stereocenters. The number of likely N-dealkylation sites (tertiary alicyclic amines) is 1. The Labute approximate surface area is 185 Å². The molecule has 1 saturated heterocycles. The van der Waals surface area contributed by atoms with Gasteiger partial charge in [0, 0.05) is 30.8 Å². The highest BCUT2D eigenvalue weighted by Crippen LogP contribution is 2.40. The van der Waals surface area contributed by atoms with E-state index < -0.39 is 0 Å². The molecular weight excluding hydrogens is 409 g/mol. The molecule has 0 bridgehead atoms. The fourth-order valence-electron chi connectivity index (χ4n) is 4.15. The number of aromatic nitrogens is 1. The first-order chi connectivity index (χ1) is 15.6. The van der Waals surface area contributed by atoms with Gasteiger partial charge in [-0.2, -0.15) is 0 Å². The second-order valence-electron chi connectivity index (χ2n) is 8.56. The average molecular weight is 433 g/mol. The second-order valence-corrected chi connectivity index (χ2v) is 8.56. The number of halogens is 1. The van der Waals surface area contributed by atoms with E-state index in [0.717, 1.165) is 42.6 Å². The van der Waals surface area contributed by atoms with Gasteiger partial charge in [-0.25, -0.2) is 4.39 Å². The molecule has 5 rings (SSSR count). The Kier molecular flexibility index (Phi) is 5.47. The monoisotopic (exact) mass is 433 g/mol. The molecule has 2 amide bonds. The molecule has 1 aliphatic carbocycles. The summed E-state index contributed by atoms with van der Waals surface area (Å²) >= 11 is 0. The maximum Gasteiger partial charge on any atom is 0.276 e. The van der Waals surface area contributed by atoms with Crippen LogP contribution in [0.15, 0.2) is 59.1 Å². The summed E-state index contributed by atoms with van der Waals surface area (Å²) in [5.74, 6) is 0.297. The van der Waals surface area contributed by atoms with Crippen LogP contribution in [0.3, 0.4) is 0 Å². The first kappa shape index (κ1) is 20.4. The lowest BCUT2D eigenvalue weighted by Gasteiger charge is -2.31. The lowest BCUT2D eigenvalue weighted by Crippen LogP contribution is -2.43. The van der Waals surface area contributed by atoms with Gasteiger partial charge in [-0.05, 0) is 61.1 Å². The summed E-state index contributed by atoms with van der Waals surface area (Å²) in [6.45, 7) is 0.961. The van der Waals surface area contributed by atoms with E-state index >= 15 is 0 Å². The molecule has 0 unspecified atom stereocenters. The predicted octanol–water partition coefficient (Wildman–Crippen LogP) is 4.85.